The third kappa shape index (κ3) is 18.4. The summed E-state index contributed by atoms with van der Waals surface area (Å²) in [6, 6.07) is -4.90. The van der Waals surface area contributed by atoms with Crippen molar-refractivity contribution in [2.45, 2.75) is 147 Å². The predicted molar refractivity (Wildman–Crippen MR) is 252 cm³/mol. The van der Waals surface area contributed by atoms with E-state index in [0.717, 1.165) is 0 Å². The van der Waals surface area contributed by atoms with Gasteiger partial charge in [0.1, 0.15) is 48.0 Å². The van der Waals surface area contributed by atoms with Crippen molar-refractivity contribution < 1.29 is 57.8 Å². The summed E-state index contributed by atoms with van der Waals surface area (Å²) in [6.07, 6.45) is 2.39. The van der Waals surface area contributed by atoms with Crippen molar-refractivity contribution in [3.05, 3.63) is 42.0 Å². The predicted octanol–water partition coefficient (Wildman–Crippen LogP) is -3.26. The van der Waals surface area contributed by atoms with Crippen molar-refractivity contribution in [2.24, 2.45) is 34.8 Å². The fourth-order valence-corrected chi connectivity index (χ4v) is 7.84. The number of phenols is 1. The molecule has 2 aliphatic heterocycles. The lowest BCUT2D eigenvalue weighted by Crippen LogP contribution is -2.61. The molecule has 24 heteroatoms. The number of hydrogen-bond donors (Lipinski definition) is 12. The first kappa shape index (κ1) is 57.2. The molecule has 0 bridgehead atoms. The normalized spacial score (nSPS) is 24.5. The van der Waals surface area contributed by atoms with Crippen LogP contribution in [0.25, 0.3) is 0 Å². The minimum Gasteiger partial charge on any atom is -0.508 e. The Labute approximate surface area is 406 Å². The summed E-state index contributed by atoms with van der Waals surface area (Å²) in [7, 11) is 0. The Balaban J connectivity index is 2.06. The van der Waals surface area contributed by atoms with Crippen LogP contribution >= 0.6 is 0 Å². The van der Waals surface area contributed by atoms with Gasteiger partial charge in [0, 0.05) is 19.4 Å². The van der Waals surface area contributed by atoms with Gasteiger partial charge in [-0.2, -0.15) is 0 Å². The minimum atomic E-state index is -1.74. The van der Waals surface area contributed by atoms with Gasteiger partial charge in [-0.1, -0.05) is 58.4 Å². The summed E-state index contributed by atoms with van der Waals surface area (Å²) in [5.74, 6) is -9.96. The van der Waals surface area contributed by atoms with E-state index in [0.29, 0.717) is 18.4 Å². The summed E-state index contributed by atoms with van der Waals surface area (Å²) in [5.41, 5.74) is 22.9. The topological polar surface area (TPSA) is 400 Å². The molecule has 11 amide bonds. The van der Waals surface area contributed by atoms with Crippen LogP contribution in [0.15, 0.2) is 36.4 Å². The van der Waals surface area contributed by atoms with E-state index in [-0.39, 0.29) is 56.7 Å². The molecule has 2 aliphatic rings. The number of benzene rings is 1. The molecular weight excluding hydrogens is 913 g/mol. The van der Waals surface area contributed by atoms with Gasteiger partial charge in [0.25, 0.3) is 0 Å². The summed E-state index contributed by atoms with van der Waals surface area (Å²) < 4.78 is 0. The van der Waals surface area contributed by atoms with Gasteiger partial charge in [0.05, 0.1) is 19.0 Å². The summed E-state index contributed by atoms with van der Waals surface area (Å²) in [4.78, 5) is 148. The quantitative estimate of drug-likeness (QED) is 0.0683. The molecule has 3 rings (SSSR count). The number of carbonyl (C=O) groups excluding carboxylic acids is 11. The summed E-state index contributed by atoms with van der Waals surface area (Å²) in [5, 5.41) is 27.8. The van der Waals surface area contributed by atoms with Gasteiger partial charge in [-0.3, -0.25) is 52.7 Å². The zero-order chi connectivity index (χ0) is 52.2. The number of nitrogens with one attached hydrogen (secondary N) is 7. The fourth-order valence-electron chi connectivity index (χ4n) is 7.84. The van der Waals surface area contributed by atoms with Crippen LogP contribution in [-0.2, 0) is 59.2 Å². The summed E-state index contributed by atoms with van der Waals surface area (Å²) in [6.45, 7) is 6.63. The molecule has 0 spiro atoms. The lowest BCUT2D eigenvalue weighted by atomic mass is 9.96. The maximum atomic E-state index is 14.5. The van der Waals surface area contributed by atoms with Crippen LogP contribution in [0.5, 0.6) is 5.75 Å². The van der Waals surface area contributed by atoms with Gasteiger partial charge < -0.3 is 70.2 Å². The third-order valence-corrected chi connectivity index (χ3v) is 11.9. The smallest absolute Gasteiger partial charge is 0.245 e. The molecule has 2 heterocycles. The maximum absolute atomic E-state index is 14.5. The van der Waals surface area contributed by atoms with E-state index in [1.807, 2.05) is 13.8 Å². The van der Waals surface area contributed by atoms with Crippen LogP contribution in [0.2, 0.25) is 0 Å². The van der Waals surface area contributed by atoms with E-state index < -0.39 is 145 Å². The van der Waals surface area contributed by atoms with Gasteiger partial charge in [-0.15, -0.1) is 0 Å². The molecule has 1 aromatic rings. The van der Waals surface area contributed by atoms with Crippen LogP contribution in [-0.4, -0.2) is 136 Å². The Bertz CT molecular complexity index is 2100. The van der Waals surface area contributed by atoms with Gasteiger partial charge in [-0.05, 0) is 74.5 Å². The lowest BCUT2D eigenvalue weighted by molar-refractivity contribution is -0.143. The molecule has 24 nitrogen and oxygen atoms in total. The SMILES string of the molecule is CC[C@@H](C)[C@@H]1NC(=O)[C@H](Cc2ccc(O)cc2)NC(=O)[C@@H](N)C/C=C\CC[C@@H](C(=O)N2CCC[C@H]2C(=O)N[C@@H](CC(C)C)C(=O)NCC(N)=O)NC(=O)[C@H](CC(N)=O)NC(=O)[C@H](CCC(N)=O)NC1=O. The van der Waals surface area contributed by atoms with E-state index in [4.69, 9.17) is 22.9 Å². The van der Waals surface area contributed by atoms with Crippen LogP contribution in [0.4, 0.5) is 0 Å². The molecule has 0 saturated carbocycles. The van der Waals surface area contributed by atoms with Crippen LogP contribution in [0, 0.1) is 11.8 Å². The van der Waals surface area contributed by atoms with Crippen LogP contribution in [0.3, 0.4) is 0 Å². The van der Waals surface area contributed by atoms with Gasteiger partial charge in [0.2, 0.25) is 65.0 Å². The Morgan fingerprint density at radius 1 is 0.771 bits per heavy atom. The van der Waals surface area contributed by atoms with E-state index in [9.17, 15) is 57.8 Å². The van der Waals surface area contributed by atoms with Crippen LogP contribution in [0.1, 0.15) is 97.5 Å². The standard InChI is InChI=1S/C46H70N12O12/c1-5-25(4)38-45(69)52-29(17-18-35(48)60)41(65)55-33(22-36(49)61)42(66)53-30(46(70)58-19-9-12-34(58)44(68)56-31(20-24(2)3)40(64)51-23-37(50)62)11-8-6-7-10-28(47)39(63)54-32(43(67)57-38)21-26-13-15-27(59)16-14-26/h6-7,13-16,24-25,28-34,38,59H,5,8-12,17-23,47H2,1-4H3,(H2,48,60)(H2,49,61)(H2,50,62)(H,51,64)(H,52,69)(H,53,66)(H,54,63)(H,55,65)(H,56,68)(H,57,67)/b7-6-/t25-,28+,29+,30+,31+,32+,33+,34+,38+/m1/s1. The molecule has 0 aliphatic carbocycles. The van der Waals surface area contributed by atoms with Gasteiger partial charge >= 0.3 is 0 Å². The van der Waals surface area contributed by atoms with Crippen molar-refractivity contribution >= 4 is 65.0 Å². The van der Waals surface area contributed by atoms with E-state index in [1.54, 1.807) is 38.1 Å². The fraction of sp³-hybridized carbons (Fsp3) is 0.587. The number of phenolic OH excluding ortho intramolecular Hbond substituents is 1. The number of nitrogens with two attached hydrogens (primary N) is 4. The van der Waals surface area contributed by atoms with Gasteiger partial charge in [0.15, 0.2) is 0 Å². The number of primary amides is 3. The molecule has 0 aromatic heterocycles. The number of nitrogens with zero attached hydrogens (tertiary/aromatic N) is 1. The zero-order valence-electron chi connectivity index (χ0n) is 40.1. The molecular formula is C46H70N12O12. The Hall–Kier alpha value is -7.11. The number of aromatic hydroxyl groups is 1. The molecule has 1 aromatic carbocycles. The van der Waals surface area contributed by atoms with Crippen molar-refractivity contribution in [3.8, 4) is 5.75 Å². The molecule has 386 valence electrons. The maximum Gasteiger partial charge on any atom is 0.245 e. The second kappa shape index (κ2) is 27.8. The Kier molecular flexibility index (Phi) is 22.7. The minimum absolute atomic E-state index is 0.0424. The monoisotopic (exact) mass is 983 g/mol. The van der Waals surface area contributed by atoms with Crippen molar-refractivity contribution in [1.29, 1.82) is 0 Å². The van der Waals surface area contributed by atoms with Gasteiger partial charge in [-0.25, -0.2) is 0 Å². The number of amides is 11. The Morgan fingerprint density at radius 3 is 2.01 bits per heavy atom. The molecule has 1 fully saturated rings. The first-order valence-corrected chi connectivity index (χ1v) is 23.4. The average molecular weight is 983 g/mol. The highest BCUT2D eigenvalue weighted by Crippen LogP contribution is 2.21. The highest BCUT2D eigenvalue weighted by atomic mass is 16.3. The highest BCUT2D eigenvalue weighted by molar-refractivity contribution is 5.99. The average Bonchev–Trinajstić information content (AvgIpc) is 3.79. The number of likely N-dealkylation sites (tertiary alicyclic amines) is 1. The molecule has 9 atom stereocenters. The lowest BCUT2D eigenvalue weighted by Gasteiger charge is -2.31. The third-order valence-electron chi connectivity index (χ3n) is 11.9. The van der Waals surface area contributed by atoms with E-state index >= 15 is 0 Å². The molecule has 0 radical (unpaired) electrons. The van der Waals surface area contributed by atoms with Crippen LogP contribution < -0.4 is 60.2 Å². The van der Waals surface area contributed by atoms with Crippen molar-refractivity contribution in [2.75, 3.05) is 13.1 Å². The van der Waals surface area contributed by atoms with Crippen molar-refractivity contribution in [1.82, 2.24) is 42.1 Å². The number of carbonyl (C=O) groups is 11. The van der Waals surface area contributed by atoms with E-state index in [1.165, 1.54) is 17.0 Å². The largest absolute Gasteiger partial charge is 0.508 e. The first-order valence-electron chi connectivity index (χ1n) is 23.4. The molecule has 1 saturated heterocycles. The number of rotatable bonds is 17. The molecule has 0 unspecified atom stereocenters. The number of allylic oxidation sites excluding steroid dienone is 1. The summed E-state index contributed by atoms with van der Waals surface area (Å²) >= 11 is 0. The second-order valence-electron chi connectivity index (χ2n) is 18.1. The highest BCUT2D eigenvalue weighted by Gasteiger charge is 2.40. The number of hydrogen-bond acceptors (Lipinski definition) is 13. The second-order valence-corrected chi connectivity index (χ2v) is 18.1. The Morgan fingerprint density at radius 2 is 1.40 bits per heavy atom. The first-order chi connectivity index (χ1) is 33.0. The zero-order valence-corrected chi connectivity index (χ0v) is 40.1. The van der Waals surface area contributed by atoms with E-state index in [2.05, 4.69) is 37.2 Å². The molecule has 70 heavy (non-hydrogen) atoms. The molecule has 16 N–H and O–H groups in total. The van der Waals surface area contributed by atoms with Crippen molar-refractivity contribution in [3.63, 3.8) is 0 Å².